The van der Waals surface area contributed by atoms with Crippen LogP contribution in [-0.4, -0.2) is 23.5 Å². The minimum Gasteiger partial charge on any atom is -0.466 e. The Morgan fingerprint density at radius 1 is 1.09 bits per heavy atom. The fraction of sp³-hybridized carbons (Fsp3) is 0.333. The highest BCUT2D eigenvalue weighted by molar-refractivity contribution is 5.89. The summed E-state index contributed by atoms with van der Waals surface area (Å²) in [6.07, 6.45) is 0.569. The number of aryl methyl sites for hydroxylation is 1. The fourth-order valence-corrected chi connectivity index (χ4v) is 2.46. The van der Waals surface area contributed by atoms with Gasteiger partial charge in [0.2, 0.25) is 0 Å². The van der Waals surface area contributed by atoms with Crippen molar-refractivity contribution in [2.24, 2.45) is 0 Å². The predicted molar refractivity (Wildman–Crippen MR) is 86.2 cm³/mol. The van der Waals surface area contributed by atoms with Gasteiger partial charge in [-0.05, 0) is 30.5 Å². The van der Waals surface area contributed by atoms with Gasteiger partial charge in [0.15, 0.2) is 0 Å². The van der Waals surface area contributed by atoms with Crippen molar-refractivity contribution in [3.8, 4) is 0 Å². The van der Waals surface area contributed by atoms with Gasteiger partial charge in [0.25, 0.3) is 0 Å². The molecule has 0 saturated carbocycles. The van der Waals surface area contributed by atoms with Crippen LogP contribution >= 0.6 is 0 Å². The van der Waals surface area contributed by atoms with Crippen LogP contribution in [0.5, 0.6) is 0 Å². The third-order valence-corrected chi connectivity index (χ3v) is 3.67. The minimum absolute atomic E-state index is 0.236. The second kappa shape index (κ2) is 7.63. The van der Waals surface area contributed by atoms with Crippen molar-refractivity contribution >= 4 is 11.9 Å². The third kappa shape index (κ3) is 4.45. The van der Waals surface area contributed by atoms with Crippen LogP contribution in [0, 0.1) is 13.8 Å². The van der Waals surface area contributed by atoms with Crippen molar-refractivity contribution < 1.29 is 19.1 Å². The second-order valence-corrected chi connectivity index (χ2v) is 5.38. The van der Waals surface area contributed by atoms with Crippen LogP contribution < -0.4 is 0 Å². The summed E-state index contributed by atoms with van der Waals surface area (Å²) in [5.41, 5.74) is 4.11. The molecule has 0 atom stereocenters. The Hall–Kier alpha value is -2.56. The van der Waals surface area contributed by atoms with E-state index >= 15 is 0 Å². The molecule has 0 bridgehead atoms. The van der Waals surface area contributed by atoms with Gasteiger partial charge in [0, 0.05) is 19.0 Å². The lowest BCUT2D eigenvalue weighted by Gasteiger charge is -2.05. The first-order chi connectivity index (χ1) is 11.0. The molecular formula is C18H21NO4. The van der Waals surface area contributed by atoms with Gasteiger partial charge in [-0.1, -0.05) is 30.3 Å². The van der Waals surface area contributed by atoms with Crippen molar-refractivity contribution in [3.05, 3.63) is 58.4 Å². The molecule has 0 spiro atoms. The van der Waals surface area contributed by atoms with Gasteiger partial charge >= 0.3 is 11.9 Å². The van der Waals surface area contributed by atoms with Gasteiger partial charge in [0.1, 0.15) is 12.3 Å². The van der Waals surface area contributed by atoms with Gasteiger partial charge in [-0.2, -0.15) is 0 Å². The molecule has 122 valence electrons. The summed E-state index contributed by atoms with van der Waals surface area (Å²) < 4.78 is 10.3. The maximum Gasteiger partial charge on any atom is 0.355 e. The topological polar surface area (TPSA) is 68.4 Å². The average molecular weight is 315 g/mol. The minimum atomic E-state index is -0.381. The number of rotatable bonds is 6. The van der Waals surface area contributed by atoms with Gasteiger partial charge in [-0.3, -0.25) is 4.79 Å². The Bertz CT molecular complexity index is 689. The second-order valence-electron chi connectivity index (χ2n) is 5.38. The number of ether oxygens (including phenoxy) is 2. The van der Waals surface area contributed by atoms with E-state index in [1.807, 2.05) is 44.2 Å². The largest absolute Gasteiger partial charge is 0.466 e. The van der Waals surface area contributed by atoms with E-state index in [4.69, 9.17) is 9.47 Å². The molecule has 0 unspecified atom stereocenters. The maximum absolute atomic E-state index is 12.2. The molecule has 2 rings (SSSR count). The Labute approximate surface area is 135 Å². The van der Waals surface area contributed by atoms with Crippen molar-refractivity contribution in [1.82, 2.24) is 4.98 Å². The third-order valence-electron chi connectivity index (χ3n) is 3.67. The lowest BCUT2D eigenvalue weighted by atomic mass is 10.1. The summed E-state index contributed by atoms with van der Waals surface area (Å²) in [7, 11) is 0. The lowest BCUT2D eigenvalue weighted by molar-refractivity contribution is -0.140. The van der Waals surface area contributed by atoms with Gasteiger partial charge in [0.05, 0.1) is 6.61 Å². The molecule has 0 amide bonds. The maximum atomic E-state index is 12.2. The number of hydrogen-bond acceptors (Lipinski definition) is 4. The monoisotopic (exact) mass is 315 g/mol. The molecule has 5 heteroatoms. The number of hydrogen-bond donors (Lipinski definition) is 1. The van der Waals surface area contributed by atoms with Crippen LogP contribution in [0.25, 0.3) is 0 Å². The predicted octanol–water partition coefficient (Wildman–Crippen LogP) is 3.09. The summed E-state index contributed by atoms with van der Waals surface area (Å²) in [5, 5.41) is 0. The number of H-pyrrole nitrogens is 1. The molecule has 0 aliphatic heterocycles. The number of carbonyl (C=O) groups excluding carboxylic acids is 2. The van der Waals surface area contributed by atoms with Crippen LogP contribution in [0.15, 0.2) is 30.3 Å². The zero-order chi connectivity index (χ0) is 16.8. The highest BCUT2D eigenvalue weighted by atomic mass is 16.5. The lowest BCUT2D eigenvalue weighted by Crippen LogP contribution is -2.08. The summed E-state index contributed by atoms with van der Waals surface area (Å²) in [4.78, 5) is 26.2. The number of benzene rings is 1. The van der Waals surface area contributed by atoms with Gasteiger partial charge in [-0.15, -0.1) is 0 Å². The standard InChI is InChI=1S/C18H21NO4/c1-12-16(9-10-22-14(3)20)13(2)19-17(12)18(21)23-11-15-7-5-4-6-8-15/h4-8,19H,9-11H2,1-3H3. The van der Waals surface area contributed by atoms with E-state index in [2.05, 4.69) is 4.98 Å². The van der Waals surface area contributed by atoms with Crippen molar-refractivity contribution in [2.75, 3.05) is 6.61 Å². The summed E-state index contributed by atoms with van der Waals surface area (Å²) in [5.74, 6) is -0.688. The van der Waals surface area contributed by atoms with Gasteiger partial charge < -0.3 is 14.5 Å². The SMILES string of the molecule is CC(=O)OCCc1c(C)[nH]c(C(=O)OCc2ccccc2)c1C. The number of nitrogens with one attached hydrogen (secondary N) is 1. The Balaban J connectivity index is 2.01. The van der Waals surface area contributed by atoms with Crippen LogP contribution in [0.3, 0.4) is 0 Å². The first-order valence-electron chi connectivity index (χ1n) is 7.51. The molecular weight excluding hydrogens is 294 g/mol. The van der Waals surface area contributed by atoms with Crippen LogP contribution in [-0.2, 0) is 27.3 Å². The van der Waals surface area contributed by atoms with Crippen LogP contribution in [0.4, 0.5) is 0 Å². The van der Waals surface area contributed by atoms with Crippen molar-refractivity contribution in [3.63, 3.8) is 0 Å². The van der Waals surface area contributed by atoms with Crippen LogP contribution in [0.2, 0.25) is 0 Å². The van der Waals surface area contributed by atoms with E-state index in [0.717, 1.165) is 22.4 Å². The van der Waals surface area contributed by atoms with E-state index in [9.17, 15) is 9.59 Å². The summed E-state index contributed by atoms with van der Waals surface area (Å²) in [6.45, 7) is 5.67. The summed E-state index contributed by atoms with van der Waals surface area (Å²) >= 11 is 0. The number of aromatic amines is 1. The summed E-state index contributed by atoms with van der Waals surface area (Å²) in [6, 6.07) is 9.54. The zero-order valence-corrected chi connectivity index (χ0v) is 13.6. The molecule has 23 heavy (non-hydrogen) atoms. The van der Waals surface area contributed by atoms with Crippen molar-refractivity contribution in [1.29, 1.82) is 0 Å². The highest BCUT2D eigenvalue weighted by Crippen LogP contribution is 2.20. The van der Waals surface area contributed by atoms with Gasteiger partial charge in [-0.25, -0.2) is 4.79 Å². The molecule has 0 aliphatic carbocycles. The first kappa shape index (κ1) is 16.8. The number of carbonyl (C=O) groups is 2. The molecule has 1 aromatic heterocycles. The molecule has 0 radical (unpaired) electrons. The molecule has 0 saturated heterocycles. The van der Waals surface area contributed by atoms with Crippen molar-refractivity contribution in [2.45, 2.75) is 33.8 Å². The van der Waals surface area contributed by atoms with E-state index in [1.165, 1.54) is 6.92 Å². The zero-order valence-electron chi connectivity index (χ0n) is 13.6. The average Bonchev–Trinajstić information content (AvgIpc) is 2.81. The van der Waals surface area contributed by atoms with E-state index < -0.39 is 0 Å². The molecule has 1 heterocycles. The highest BCUT2D eigenvalue weighted by Gasteiger charge is 2.18. The molecule has 0 fully saturated rings. The quantitative estimate of drug-likeness (QED) is 0.832. The normalized spacial score (nSPS) is 10.4. The smallest absolute Gasteiger partial charge is 0.355 e. The number of aromatic nitrogens is 1. The fourth-order valence-electron chi connectivity index (χ4n) is 2.46. The molecule has 0 aliphatic rings. The Morgan fingerprint density at radius 3 is 2.43 bits per heavy atom. The molecule has 2 aromatic rings. The molecule has 5 nitrogen and oxygen atoms in total. The molecule has 1 aromatic carbocycles. The van der Waals surface area contributed by atoms with E-state index in [-0.39, 0.29) is 18.5 Å². The first-order valence-corrected chi connectivity index (χ1v) is 7.51. The van der Waals surface area contributed by atoms with E-state index in [1.54, 1.807) is 0 Å². The number of esters is 2. The molecule has 1 N–H and O–H groups in total. The Kier molecular flexibility index (Phi) is 5.57. The van der Waals surface area contributed by atoms with Crippen LogP contribution in [0.1, 0.15) is 39.8 Å². The Morgan fingerprint density at radius 2 is 1.78 bits per heavy atom. The van der Waals surface area contributed by atoms with E-state index in [0.29, 0.717) is 18.7 Å².